The van der Waals surface area contributed by atoms with E-state index >= 15 is 0 Å². The summed E-state index contributed by atoms with van der Waals surface area (Å²) in [6.07, 6.45) is 5.25. The van der Waals surface area contributed by atoms with Crippen LogP contribution in [0.2, 0.25) is 0 Å². The number of rotatable bonds is 5. The van der Waals surface area contributed by atoms with Crippen LogP contribution in [0.5, 0.6) is 0 Å². The van der Waals surface area contributed by atoms with Crippen LogP contribution >= 0.6 is 0 Å². The van der Waals surface area contributed by atoms with Gasteiger partial charge in [-0.2, -0.15) is 5.10 Å². The Morgan fingerprint density at radius 3 is 3.13 bits per heavy atom. The lowest BCUT2D eigenvalue weighted by atomic mass is 9.92. The summed E-state index contributed by atoms with van der Waals surface area (Å²) in [5.74, 6) is 0.0836. The van der Waals surface area contributed by atoms with E-state index in [2.05, 4.69) is 20.7 Å². The Balaban J connectivity index is 1.66. The smallest absolute Gasteiger partial charge is 0.271 e. The molecule has 0 aliphatic carbocycles. The van der Waals surface area contributed by atoms with E-state index in [9.17, 15) is 4.79 Å². The van der Waals surface area contributed by atoms with E-state index in [1.807, 2.05) is 24.7 Å². The molecule has 1 saturated heterocycles. The number of nitrogens with zero attached hydrogens (tertiary/aromatic N) is 5. The summed E-state index contributed by atoms with van der Waals surface area (Å²) >= 11 is 0. The number of aromatic nitrogens is 5. The highest BCUT2D eigenvalue weighted by Crippen LogP contribution is 2.32. The van der Waals surface area contributed by atoms with Gasteiger partial charge in [-0.15, -0.1) is 5.10 Å². The maximum Gasteiger partial charge on any atom is 0.271 e. The van der Waals surface area contributed by atoms with Crippen LogP contribution in [0.25, 0.3) is 0 Å². The van der Waals surface area contributed by atoms with Gasteiger partial charge in [-0.3, -0.25) is 9.48 Å². The summed E-state index contributed by atoms with van der Waals surface area (Å²) < 4.78 is 9.36. The molecule has 1 aliphatic heterocycles. The topological polar surface area (TPSA) is 86.9 Å². The number of hydrogen-bond donors (Lipinski definition) is 1. The maximum atomic E-state index is 12.3. The number of carbonyl (C=O) groups is 1. The summed E-state index contributed by atoms with van der Waals surface area (Å²) in [4.78, 5) is 12.3. The monoisotopic (exact) mass is 318 g/mol. The van der Waals surface area contributed by atoms with E-state index in [-0.39, 0.29) is 17.9 Å². The summed E-state index contributed by atoms with van der Waals surface area (Å²) in [7, 11) is 1.91. The largest absolute Gasteiger partial charge is 0.372 e. The minimum absolute atomic E-state index is 0.0363. The van der Waals surface area contributed by atoms with Crippen molar-refractivity contribution < 1.29 is 9.53 Å². The van der Waals surface area contributed by atoms with E-state index in [1.165, 1.54) is 6.20 Å². The van der Waals surface area contributed by atoms with Gasteiger partial charge in [-0.1, -0.05) is 5.21 Å². The standard InChI is InChI=1S/C15H22N6O2/c1-3-21-13(10-17-19-21)15(22)16-9-11-5-4-8-23-14(11)12-6-7-18-20(12)2/h6-7,10-11,14H,3-5,8-9H2,1-2H3,(H,16,22)/t11-,14+/m0/s1. The molecule has 0 bridgehead atoms. The first-order chi connectivity index (χ1) is 11.2. The van der Waals surface area contributed by atoms with E-state index in [4.69, 9.17) is 4.74 Å². The summed E-state index contributed by atoms with van der Waals surface area (Å²) in [5, 5.41) is 14.9. The van der Waals surface area contributed by atoms with Crippen molar-refractivity contribution in [3.05, 3.63) is 29.8 Å². The Labute approximate surface area is 134 Å². The lowest BCUT2D eigenvalue weighted by molar-refractivity contribution is -0.0317. The van der Waals surface area contributed by atoms with Gasteiger partial charge in [0.2, 0.25) is 0 Å². The van der Waals surface area contributed by atoms with Crippen LogP contribution in [-0.2, 0) is 18.3 Å². The molecule has 2 aromatic heterocycles. The molecule has 1 amide bonds. The van der Waals surface area contributed by atoms with E-state index in [0.29, 0.717) is 18.8 Å². The van der Waals surface area contributed by atoms with Gasteiger partial charge >= 0.3 is 0 Å². The quantitative estimate of drug-likeness (QED) is 0.886. The van der Waals surface area contributed by atoms with Crippen molar-refractivity contribution in [2.24, 2.45) is 13.0 Å². The molecule has 0 unspecified atom stereocenters. The predicted molar refractivity (Wildman–Crippen MR) is 82.7 cm³/mol. The first-order valence-electron chi connectivity index (χ1n) is 7.97. The molecule has 8 heteroatoms. The van der Waals surface area contributed by atoms with Gasteiger partial charge in [-0.05, 0) is 25.8 Å². The van der Waals surface area contributed by atoms with Crippen LogP contribution in [0, 0.1) is 5.92 Å². The Morgan fingerprint density at radius 1 is 1.52 bits per heavy atom. The van der Waals surface area contributed by atoms with Crippen molar-refractivity contribution in [1.82, 2.24) is 30.1 Å². The summed E-state index contributed by atoms with van der Waals surface area (Å²) in [6, 6.07) is 1.97. The van der Waals surface area contributed by atoms with Crippen molar-refractivity contribution in [2.45, 2.75) is 32.4 Å². The molecule has 3 heterocycles. The normalized spacial score (nSPS) is 21.3. The first kappa shape index (κ1) is 15.7. The van der Waals surface area contributed by atoms with Crippen molar-refractivity contribution in [2.75, 3.05) is 13.2 Å². The fraction of sp³-hybridized carbons (Fsp3) is 0.600. The number of ether oxygens (including phenoxy) is 1. The molecule has 0 spiro atoms. The molecule has 8 nitrogen and oxygen atoms in total. The Bertz CT molecular complexity index is 664. The third kappa shape index (κ3) is 3.26. The Kier molecular flexibility index (Phi) is 4.71. The molecule has 1 fully saturated rings. The fourth-order valence-corrected chi connectivity index (χ4v) is 3.02. The second kappa shape index (κ2) is 6.91. The Hall–Kier alpha value is -2.22. The van der Waals surface area contributed by atoms with Crippen LogP contribution in [-0.4, -0.2) is 43.8 Å². The molecule has 3 rings (SSSR count). The van der Waals surface area contributed by atoms with Crippen LogP contribution in [0.1, 0.15) is 42.1 Å². The number of amides is 1. The second-order valence-corrected chi connectivity index (χ2v) is 5.72. The molecule has 0 radical (unpaired) electrons. The van der Waals surface area contributed by atoms with Gasteiger partial charge in [0.15, 0.2) is 0 Å². The van der Waals surface area contributed by atoms with Crippen molar-refractivity contribution in [3.63, 3.8) is 0 Å². The van der Waals surface area contributed by atoms with Gasteiger partial charge in [0, 0.05) is 38.9 Å². The summed E-state index contributed by atoms with van der Waals surface area (Å²) in [5.41, 5.74) is 1.53. The van der Waals surface area contributed by atoms with Crippen LogP contribution in [0.4, 0.5) is 0 Å². The number of hydrogen-bond acceptors (Lipinski definition) is 5. The highest BCUT2D eigenvalue weighted by molar-refractivity contribution is 5.92. The molecular weight excluding hydrogens is 296 g/mol. The lowest BCUT2D eigenvalue weighted by Crippen LogP contribution is -2.36. The molecular formula is C15H22N6O2. The molecule has 1 aliphatic rings. The lowest BCUT2D eigenvalue weighted by Gasteiger charge is -2.31. The zero-order valence-electron chi connectivity index (χ0n) is 13.5. The zero-order chi connectivity index (χ0) is 16.2. The number of carbonyl (C=O) groups excluding carboxylic acids is 1. The zero-order valence-corrected chi connectivity index (χ0v) is 13.5. The third-order valence-corrected chi connectivity index (χ3v) is 4.27. The SMILES string of the molecule is CCn1nncc1C(=O)NC[C@@H]1CCCO[C@H]1c1ccnn1C. The maximum absolute atomic E-state index is 12.3. The predicted octanol–water partition coefficient (Wildman–Crippen LogP) is 0.929. The average Bonchev–Trinajstić information content (AvgIpc) is 3.21. The molecule has 23 heavy (non-hydrogen) atoms. The molecule has 124 valence electrons. The highest BCUT2D eigenvalue weighted by Gasteiger charge is 2.30. The molecule has 1 N–H and O–H groups in total. The minimum atomic E-state index is -0.147. The summed E-state index contributed by atoms with van der Waals surface area (Å²) in [6.45, 7) is 3.85. The average molecular weight is 318 g/mol. The molecule has 2 atom stereocenters. The van der Waals surface area contributed by atoms with E-state index in [0.717, 1.165) is 25.1 Å². The van der Waals surface area contributed by atoms with Gasteiger partial charge in [-0.25, -0.2) is 4.68 Å². The van der Waals surface area contributed by atoms with Crippen molar-refractivity contribution in [1.29, 1.82) is 0 Å². The van der Waals surface area contributed by atoms with Crippen molar-refractivity contribution >= 4 is 5.91 Å². The van der Waals surface area contributed by atoms with E-state index < -0.39 is 0 Å². The fourth-order valence-electron chi connectivity index (χ4n) is 3.02. The van der Waals surface area contributed by atoms with Gasteiger partial charge in [0.1, 0.15) is 11.8 Å². The van der Waals surface area contributed by atoms with Crippen LogP contribution < -0.4 is 5.32 Å². The number of nitrogens with one attached hydrogen (secondary N) is 1. The second-order valence-electron chi connectivity index (χ2n) is 5.72. The van der Waals surface area contributed by atoms with Gasteiger partial charge in [0.05, 0.1) is 11.9 Å². The Morgan fingerprint density at radius 2 is 2.39 bits per heavy atom. The van der Waals surface area contributed by atoms with Crippen molar-refractivity contribution in [3.8, 4) is 0 Å². The minimum Gasteiger partial charge on any atom is -0.372 e. The number of aryl methyl sites for hydroxylation is 2. The first-order valence-corrected chi connectivity index (χ1v) is 7.97. The highest BCUT2D eigenvalue weighted by atomic mass is 16.5. The van der Waals surface area contributed by atoms with Gasteiger partial charge < -0.3 is 10.1 Å². The third-order valence-electron chi connectivity index (χ3n) is 4.27. The van der Waals surface area contributed by atoms with Gasteiger partial charge in [0.25, 0.3) is 5.91 Å². The molecule has 2 aromatic rings. The molecule has 0 aromatic carbocycles. The van der Waals surface area contributed by atoms with Crippen LogP contribution in [0.3, 0.4) is 0 Å². The molecule has 0 saturated carbocycles. The van der Waals surface area contributed by atoms with Crippen LogP contribution in [0.15, 0.2) is 18.5 Å². The van der Waals surface area contributed by atoms with E-state index in [1.54, 1.807) is 10.9 Å².